The smallest absolute Gasteiger partial charge is 0.239 e. The zero-order chi connectivity index (χ0) is 14.8. The third kappa shape index (κ3) is 3.38. The van der Waals surface area contributed by atoms with Crippen LogP contribution >= 0.6 is 0 Å². The van der Waals surface area contributed by atoms with Crippen LogP contribution in [0, 0.1) is 0 Å². The van der Waals surface area contributed by atoms with E-state index < -0.39 is 0 Å². The number of nitrogens with zero attached hydrogens (tertiary/aromatic N) is 1. The van der Waals surface area contributed by atoms with Gasteiger partial charge in [0.15, 0.2) is 0 Å². The molecule has 1 aromatic heterocycles. The van der Waals surface area contributed by atoms with E-state index in [4.69, 9.17) is 5.73 Å². The van der Waals surface area contributed by atoms with Gasteiger partial charge in [0.2, 0.25) is 5.91 Å². The normalized spacial score (nSPS) is 11.3. The van der Waals surface area contributed by atoms with Crippen molar-refractivity contribution in [1.82, 2.24) is 10.3 Å². The first-order valence-electron chi connectivity index (χ1n) is 6.55. The molecule has 4 N–H and O–H groups in total. The van der Waals surface area contributed by atoms with Gasteiger partial charge in [-0.3, -0.25) is 9.78 Å². The third-order valence-corrected chi connectivity index (χ3v) is 2.75. The van der Waals surface area contributed by atoms with Gasteiger partial charge in [0.25, 0.3) is 0 Å². The molecule has 0 aliphatic rings. The Kier molecular flexibility index (Phi) is 3.79. The molecule has 0 atom stereocenters. The molecule has 0 spiro atoms. The summed E-state index contributed by atoms with van der Waals surface area (Å²) in [5.74, 6) is -0.0497. The minimum atomic E-state index is -0.233. The lowest BCUT2D eigenvalue weighted by Crippen LogP contribution is -2.43. The number of anilines is 2. The Morgan fingerprint density at radius 2 is 2.05 bits per heavy atom. The number of carbonyl (C=O) groups is 1. The summed E-state index contributed by atoms with van der Waals surface area (Å²) in [5.41, 5.74) is 7.89. The van der Waals surface area contributed by atoms with Gasteiger partial charge in [-0.05, 0) is 45.0 Å². The molecule has 0 radical (unpaired) electrons. The first-order chi connectivity index (χ1) is 9.37. The molecule has 20 heavy (non-hydrogen) atoms. The van der Waals surface area contributed by atoms with Gasteiger partial charge in [-0.25, -0.2) is 0 Å². The van der Waals surface area contributed by atoms with Gasteiger partial charge >= 0.3 is 0 Å². The molecule has 5 heteroatoms. The number of fused-ring (bicyclic) bond motifs is 1. The Hall–Kier alpha value is -2.30. The molecular formula is C15H20N4O. The highest BCUT2D eigenvalue weighted by molar-refractivity contribution is 5.99. The molecule has 0 unspecified atom stereocenters. The lowest BCUT2D eigenvalue weighted by atomic mass is 10.1. The van der Waals surface area contributed by atoms with Crippen molar-refractivity contribution in [3.8, 4) is 0 Å². The standard InChI is InChI=1S/C15H20N4O/c1-15(2,3)19-13(20)9-18-12-7-6-11(16)14-10(12)5-4-8-17-14/h4-8,18H,9,16H2,1-3H3,(H,19,20). The van der Waals surface area contributed by atoms with E-state index in [0.29, 0.717) is 5.69 Å². The Morgan fingerprint density at radius 3 is 2.75 bits per heavy atom. The molecule has 0 saturated heterocycles. The van der Waals surface area contributed by atoms with E-state index in [1.165, 1.54) is 0 Å². The van der Waals surface area contributed by atoms with E-state index in [0.717, 1.165) is 16.6 Å². The van der Waals surface area contributed by atoms with E-state index in [1.807, 2.05) is 39.0 Å². The minimum absolute atomic E-state index is 0.0497. The summed E-state index contributed by atoms with van der Waals surface area (Å²) in [6, 6.07) is 7.44. The Morgan fingerprint density at radius 1 is 1.30 bits per heavy atom. The predicted molar refractivity (Wildman–Crippen MR) is 82.5 cm³/mol. The van der Waals surface area contributed by atoms with Gasteiger partial charge < -0.3 is 16.4 Å². The SMILES string of the molecule is CC(C)(C)NC(=O)CNc1ccc(N)c2ncccc12. The maximum atomic E-state index is 11.8. The molecule has 0 bridgehead atoms. The van der Waals surface area contributed by atoms with Crippen LogP contribution in [-0.2, 0) is 4.79 Å². The van der Waals surface area contributed by atoms with Crippen molar-refractivity contribution in [2.24, 2.45) is 0 Å². The molecule has 0 saturated carbocycles. The van der Waals surface area contributed by atoms with Crippen LogP contribution in [-0.4, -0.2) is 23.0 Å². The third-order valence-electron chi connectivity index (χ3n) is 2.75. The van der Waals surface area contributed by atoms with E-state index in [1.54, 1.807) is 12.3 Å². The topological polar surface area (TPSA) is 80.0 Å². The van der Waals surface area contributed by atoms with Crippen LogP contribution < -0.4 is 16.4 Å². The fourth-order valence-electron chi connectivity index (χ4n) is 1.99. The number of amides is 1. The van der Waals surface area contributed by atoms with Gasteiger partial charge in [0.05, 0.1) is 17.7 Å². The summed E-state index contributed by atoms with van der Waals surface area (Å²) in [6.07, 6.45) is 1.70. The van der Waals surface area contributed by atoms with Crippen molar-refractivity contribution in [2.75, 3.05) is 17.6 Å². The molecule has 1 aromatic carbocycles. The summed E-state index contributed by atoms with van der Waals surface area (Å²) in [4.78, 5) is 16.1. The van der Waals surface area contributed by atoms with Crippen LogP contribution in [0.4, 0.5) is 11.4 Å². The summed E-state index contributed by atoms with van der Waals surface area (Å²) < 4.78 is 0. The number of hydrogen-bond donors (Lipinski definition) is 3. The van der Waals surface area contributed by atoms with E-state index in [-0.39, 0.29) is 18.0 Å². The molecule has 106 valence electrons. The molecule has 0 aliphatic carbocycles. The van der Waals surface area contributed by atoms with Crippen LogP contribution in [0.2, 0.25) is 0 Å². The second kappa shape index (κ2) is 5.36. The molecule has 5 nitrogen and oxygen atoms in total. The highest BCUT2D eigenvalue weighted by Crippen LogP contribution is 2.26. The molecule has 2 rings (SSSR count). The van der Waals surface area contributed by atoms with Crippen molar-refractivity contribution in [2.45, 2.75) is 26.3 Å². The van der Waals surface area contributed by atoms with Gasteiger partial charge in [0.1, 0.15) is 0 Å². The first-order valence-corrected chi connectivity index (χ1v) is 6.55. The van der Waals surface area contributed by atoms with Crippen molar-refractivity contribution in [3.63, 3.8) is 0 Å². The summed E-state index contributed by atoms with van der Waals surface area (Å²) in [6.45, 7) is 6.07. The monoisotopic (exact) mass is 272 g/mol. The second-order valence-corrected chi connectivity index (χ2v) is 5.75. The predicted octanol–water partition coefficient (Wildman–Crippen LogP) is 2.14. The number of hydrogen-bond acceptors (Lipinski definition) is 4. The van der Waals surface area contributed by atoms with Gasteiger partial charge in [-0.15, -0.1) is 0 Å². The van der Waals surface area contributed by atoms with E-state index in [9.17, 15) is 4.79 Å². The molecule has 2 aromatic rings. The lowest BCUT2D eigenvalue weighted by molar-refractivity contribution is -0.120. The average Bonchev–Trinajstić information content (AvgIpc) is 2.36. The fraction of sp³-hybridized carbons (Fsp3) is 0.333. The van der Waals surface area contributed by atoms with Crippen molar-refractivity contribution >= 4 is 28.2 Å². The van der Waals surface area contributed by atoms with Crippen LogP contribution in [0.1, 0.15) is 20.8 Å². The second-order valence-electron chi connectivity index (χ2n) is 5.75. The van der Waals surface area contributed by atoms with Crippen molar-refractivity contribution in [1.29, 1.82) is 0 Å². The summed E-state index contributed by atoms with van der Waals surface area (Å²) >= 11 is 0. The molecule has 1 heterocycles. The van der Waals surface area contributed by atoms with Crippen molar-refractivity contribution < 1.29 is 4.79 Å². The zero-order valence-corrected chi connectivity index (χ0v) is 12.0. The number of nitrogens with two attached hydrogens (primary N) is 1. The Labute approximate surface area is 118 Å². The largest absolute Gasteiger partial charge is 0.397 e. The number of pyridine rings is 1. The highest BCUT2D eigenvalue weighted by Gasteiger charge is 2.13. The number of carbonyl (C=O) groups excluding carboxylic acids is 1. The number of nitrogen functional groups attached to an aromatic ring is 1. The van der Waals surface area contributed by atoms with Gasteiger partial charge in [0, 0.05) is 22.8 Å². The maximum Gasteiger partial charge on any atom is 0.239 e. The highest BCUT2D eigenvalue weighted by atomic mass is 16.2. The number of aromatic nitrogens is 1. The number of benzene rings is 1. The number of nitrogens with one attached hydrogen (secondary N) is 2. The molecule has 1 amide bonds. The van der Waals surface area contributed by atoms with Gasteiger partial charge in [-0.2, -0.15) is 0 Å². The molecule has 0 fully saturated rings. The van der Waals surface area contributed by atoms with Crippen LogP contribution in [0.5, 0.6) is 0 Å². The fourth-order valence-corrected chi connectivity index (χ4v) is 1.99. The quantitative estimate of drug-likeness (QED) is 0.748. The van der Waals surface area contributed by atoms with Crippen LogP contribution in [0.3, 0.4) is 0 Å². The Balaban J connectivity index is 2.15. The number of rotatable bonds is 3. The first kappa shape index (κ1) is 14.1. The van der Waals surface area contributed by atoms with E-state index >= 15 is 0 Å². The lowest BCUT2D eigenvalue weighted by Gasteiger charge is -2.21. The Bertz CT molecular complexity index is 631. The summed E-state index contributed by atoms with van der Waals surface area (Å²) in [5, 5.41) is 6.95. The zero-order valence-electron chi connectivity index (χ0n) is 12.0. The average molecular weight is 272 g/mol. The maximum absolute atomic E-state index is 11.8. The van der Waals surface area contributed by atoms with Crippen LogP contribution in [0.25, 0.3) is 10.9 Å². The molecule has 0 aliphatic heterocycles. The minimum Gasteiger partial charge on any atom is -0.397 e. The van der Waals surface area contributed by atoms with E-state index in [2.05, 4.69) is 15.6 Å². The molecular weight excluding hydrogens is 252 g/mol. The summed E-state index contributed by atoms with van der Waals surface area (Å²) in [7, 11) is 0. The van der Waals surface area contributed by atoms with Crippen molar-refractivity contribution in [3.05, 3.63) is 30.5 Å². The van der Waals surface area contributed by atoms with Gasteiger partial charge in [-0.1, -0.05) is 0 Å². The van der Waals surface area contributed by atoms with Crippen LogP contribution in [0.15, 0.2) is 30.5 Å².